The first-order chi connectivity index (χ1) is 10.1. The second kappa shape index (κ2) is 5.37. The van der Waals surface area contributed by atoms with Gasteiger partial charge in [0, 0.05) is 17.2 Å². The molecule has 0 spiro atoms. The molecule has 0 saturated heterocycles. The molecular formula is C15H13FN2O2S. The Balaban J connectivity index is 2.08. The summed E-state index contributed by atoms with van der Waals surface area (Å²) in [7, 11) is 0. The molecule has 0 unspecified atom stereocenters. The number of nitrogens with zero attached hydrogens (tertiary/aromatic N) is 2. The number of hydrogen-bond acceptors (Lipinski definition) is 4. The van der Waals surface area contributed by atoms with Crippen molar-refractivity contribution in [2.24, 2.45) is 0 Å². The van der Waals surface area contributed by atoms with E-state index in [0.29, 0.717) is 18.1 Å². The molecule has 0 aliphatic carbocycles. The van der Waals surface area contributed by atoms with Crippen molar-refractivity contribution >= 4 is 29.2 Å². The molecule has 0 saturated carbocycles. The molecular weight excluding hydrogens is 291 g/mol. The fraction of sp³-hybridized carbons (Fsp3) is 0.200. The van der Waals surface area contributed by atoms with Crippen LogP contribution in [0.2, 0.25) is 0 Å². The van der Waals surface area contributed by atoms with Gasteiger partial charge < -0.3 is 10.0 Å². The molecule has 4 nitrogen and oxygen atoms in total. The molecule has 108 valence electrons. The number of aromatic nitrogens is 1. The number of thioether (sulfide) groups is 1. The Morgan fingerprint density at radius 2 is 2.19 bits per heavy atom. The highest BCUT2D eigenvalue weighted by Gasteiger charge is 2.21. The van der Waals surface area contributed by atoms with Crippen molar-refractivity contribution in [1.82, 2.24) is 4.98 Å². The van der Waals surface area contributed by atoms with E-state index in [0.717, 1.165) is 16.3 Å². The number of rotatable bonds is 2. The van der Waals surface area contributed by atoms with Gasteiger partial charge in [0.1, 0.15) is 11.6 Å². The maximum Gasteiger partial charge on any atom is 0.335 e. The number of carbonyl (C=O) groups is 1. The van der Waals surface area contributed by atoms with Crippen molar-refractivity contribution in [2.45, 2.75) is 11.8 Å². The summed E-state index contributed by atoms with van der Waals surface area (Å²) in [4.78, 5) is 18.3. The van der Waals surface area contributed by atoms with Gasteiger partial charge in [-0.15, -0.1) is 11.8 Å². The van der Waals surface area contributed by atoms with Crippen molar-refractivity contribution in [1.29, 1.82) is 0 Å². The Morgan fingerprint density at radius 3 is 2.90 bits per heavy atom. The number of pyridine rings is 1. The average Bonchev–Trinajstić information content (AvgIpc) is 2.49. The van der Waals surface area contributed by atoms with E-state index in [9.17, 15) is 9.18 Å². The van der Waals surface area contributed by atoms with Crippen molar-refractivity contribution in [3.63, 3.8) is 0 Å². The second-order valence-electron chi connectivity index (χ2n) is 4.72. The van der Waals surface area contributed by atoms with E-state index in [1.165, 1.54) is 6.07 Å². The molecule has 3 rings (SSSR count). The number of benzene rings is 1. The predicted octanol–water partition coefficient (Wildman–Crippen LogP) is 3.47. The Morgan fingerprint density at radius 1 is 1.38 bits per heavy atom. The molecule has 1 aliphatic rings. The summed E-state index contributed by atoms with van der Waals surface area (Å²) < 4.78 is 13.4. The van der Waals surface area contributed by atoms with E-state index in [4.69, 9.17) is 5.11 Å². The third kappa shape index (κ3) is 2.58. The van der Waals surface area contributed by atoms with Gasteiger partial charge in [-0.25, -0.2) is 14.2 Å². The number of anilines is 2. The van der Waals surface area contributed by atoms with Gasteiger partial charge in [-0.3, -0.25) is 0 Å². The molecule has 0 atom stereocenters. The van der Waals surface area contributed by atoms with Crippen molar-refractivity contribution in [2.75, 3.05) is 17.2 Å². The van der Waals surface area contributed by atoms with Gasteiger partial charge in [0.25, 0.3) is 0 Å². The highest BCUT2D eigenvalue weighted by molar-refractivity contribution is 7.99. The molecule has 1 N–H and O–H groups in total. The molecule has 0 amide bonds. The van der Waals surface area contributed by atoms with Crippen LogP contribution in [0.15, 0.2) is 35.2 Å². The number of hydrogen-bond donors (Lipinski definition) is 1. The highest BCUT2D eigenvalue weighted by Crippen LogP contribution is 2.38. The number of fused-ring (bicyclic) bond motifs is 1. The van der Waals surface area contributed by atoms with Gasteiger partial charge in [0.05, 0.1) is 16.9 Å². The average molecular weight is 304 g/mol. The van der Waals surface area contributed by atoms with Crippen molar-refractivity contribution in [3.05, 3.63) is 47.4 Å². The van der Waals surface area contributed by atoms with E-state index in [1.807, 2.05) is 11.0 Å². The zero-order valence-corrected chi connectivity index (χ0v) is 12.2. The first-order valence-electron chi connectivity index (χ1n) is 6.47. The fourth-order valence-electron chi connectivity index (χ4n) is 2.27. The SMILES string of the molecule is Cc1nc(N2CCSc3ccc(C(=O)O)cc32)ccc1F. The molecule has 1 aromatic heterocycles. The molecule has 0 bridgehead atoms. The Bertz CT molecular complexity index is 721. The number of carboxylic acid groups (broad SMARTS) is 1. The third-order valence-corrected chi connectivity index (χ3v) is 4.40. The van der Waals surface area contributed by atoms with E-state index in [-0.39, 0.29) is 11.4 Å². The van der Waals surface area contributed by atoms with Gasteiger partial charge in [-0.1, -0.05) is 0 Å². The lowest BCUT2D eigenvalue weighted by Gasteiger charge is -2.30. The zero-order valence-electron chi connectivity index (χ0n) is 11.3. The van der Waals surface area contributed by atoms with Gasteiger partial charge in [-0.05, 0) is 37.3 Å². The Labute approximate surface area is 125 Å². The van der Waals surface area contributed by atoms with Gasteiger partial charge in [-0.2, -0.15) is 0 Å². The number of aryl methyl sites for hydroxylation is 1. The summed E-state index contributed by atoms with van der Waals surface area (Å²) in [5, 5.41) is 9.13. The van der Waals surface area contributed by atoms with Crippen LogP contribution in [0.3, 0.4) is 0 Å². The van der Waals surface area contributed by atoms with Crippen molar-refractivity contribution in [3.8, 4) is 0 Å². The summed E-state index contributed by atoms with van der Waals surface area (Å²) >= 11 is 1.68. The third-order valence-electron chi connectivity index (χ3n) is 3.35. The van der Waals surface area contributed by atoms with Gasteiger partial charge in [0.2, 0.25) is 0 Å². The molecule has 2 aromatic rings. The summed E-state index contributed by atoms with van der Waals surface area (Å²) in [6, 6.07) is 8.06. The minimum atomic E-state index is -0.962. The summed E-state index contributed by atoms with van der Waals surface area (Å²) in [6.07, 6.45) is 0. The fourth-order valence-corrected chi connectivity index (χ4v) is 3.24. The lowest BCUT2D eigenvalue weighted by Crippen LogP contribution is -2.25. The lowest BCUT2D eigenvalue weighted by atomic mass is 10.1. The smallest absolute Gasteiger partial charge is 0.335 e. The van der Waals surface area contributed by atoms with Crippen LogP contribution in [-0.2, 0) is 0 Å². The van der Waals surface area contributed by atoms with Crippen LogP contribution in [0.5, 0.6) is 0 Å². The van der Waals surface area contributed by atoms with Crippen molar-refractivity contribution < 1.29 is 14.3 Å². The van der Waals surface area contributed by atoms with Crippen LogP contribution in [0.1, 0.15) is 16.1 Å². The maximum absolute atomic E-state index is 13.4. The van der Waals surface area contributed by atoms with E-state index in [2.05, 4.69) is 4.98 Å². The van der Waals surface area contributed by atoms with Crippen LogP contribution in [0.4, 0.5) is 15.9 Å². The molecule has 1 aliphatic heterocycles. The topological polar surface area (TPSA) is 53.4 Å². The van der Waals surface area contributed by atoms with Crippen LogP contribution in [-0.4, -0.2) is 28.4 Å². The van der Waals surface area contributed by atoms with Gasteiger partial charge >= 0.3 is 5.97 Å². The molecule has 0 radical (unpaired) electrons. The number of carboxylic acids is 1. The van der Waals surface area contributed by atoms with E-state index < -0.39 is 5.97 Å². The molecule has 2 heterocycles. The predicted molar refractivity (Wildman–Crippen MR) is 80.1 cm³/mol. The highest BCUT2D eigenvalue weighted by atomic mass is 32.2. The van der Waals surface area contributed by atoms with E-state index >= 15 is 0 Å². The van der Waals surface area contributed by atoms with Crippen LogP contribution in [0.25, 0.3) is 0 Å². The second-order valence-corrected chi connectivity index (χ2v) is 5.86. The Kier molecular flexibility index (Phi) is 3.55. The van der Waals surface area contributed by atoms with Crippen LogP contribution < -0.4 is 4.90 Å². The van der Waals surface area contributed by atoms with Crippen LogP contribution >= 0.6 is 11.8 Å². The Hall–Kier alpha value is -2.08. The molecule has 1 aromatic carbocycles. The number of halogens is 1. The minimum Gasteiger partial charge on any atom is -0.478 e. The lowest BCUT2D eigenvalue weighted by molar-refractivity contribution is 0.0697. The summed E-state index contributed by atoms with van der Waals surface area (Å²) in [5.41, 5.74) is 1.38. The minimum absolute atomic E-state index is 0.236. The number of aromatic carboxylic acids is 1. The molecule has 6 heteroatoms. The first kappa shape index (κ1) is 13.9. The quantitative estimate of drug-likeness (QED) is 0.920. The molecule has 0 fully saturated rings. The van der Waals surface area contributed by atoms with E-state index in [1.54, 1.807) is 36.9 Å². The van der Waals surface area contributed by atoms with Gasteiger partial charge in [0.15, 0.2) is 0 Å². The standard InChI is InChI=1S/C15H13FN2O2S/c1-9-11(16)3-5-14(17-9)18-6-7-21-13-4-2-10(15(19)20)8-12(13)18/h2-5,8H,6-7H2,1H3,(H,19,20). The normalized spacial score (nSPS) is 13.9. The monoisotopic (exact) mass is 304 g/mol. The van der Waals surface area contributed by atoms with Crippen LogP contribution in [0, 0.1) is 12.7 Å². The summed E-state index contributed by atoms with van der Waals surface area (Å²) in [6.45, 7) is 2.32. The summed E-state index contributed by atoms with van der Waals surface area (Å²) in [5.74, 6) is 0.205. The largest absolute Gasteiger partial charge is 0.478 e. The zero-order chi connectivity index (χ0) is 15.0. The maximum atomic E-state index is 13.4. The molecule has 21 heavy (non-hydrogen) atoms. The first-order valence-corrected chi connectivity index (χ1v) is 7.45.